The molecular weight excluding hydrogens is 687 g/mol. The fourth-order valence-corrected chi connectivity index (χ4v) is 6.29. The summed E-state index contributed by atoms with van der Waals surface area (Å²) in [4.78, 5) is 25.2. The van der Waals surface area contributed by atoms with Crippen molar-refractivity contribution in [1.29, 1.82) is 0 Å². The van der Waals surface area contributed by atoms with E-state index in [2.05, 4.69) is 92.9 Å². The zero-order valence-corrected chi connectivity index (χ0v) is 34.8. The minimum absolute atomic E-state index is 0.0788. The summed E-state index contributed by atoms with van der Waals surface area (Å²) in [6.07, 6.45) is 39.7. The van der Waals surface area contributed by atoms with Gasteiger partial charge in [0, 0.05) is 19.4 Å². The lowest BCUT2D eigenvalue weighted by molar-refractivity contribution is -0.150. The predicted octanol–water partition coefficient (Wildman–Crippen LogP) is 10.6. The van der Waals surface area contributed by atoms with E-state index in [1.54, 1.807) is 0 Å². The predicted molar refractivity (Wildman–Crippen MR) is 222 cm³/mol. The van der Waals surface area contributed by atoms with E-state index in [1.165, 1.54) is 0 Å². The molecule has 0 aromatic carbocycles. The Kier molecular flexibility index (Phi) is 29.9. The summed E-state index contributed by atoms with van der Waals surface area (Å²) >= 11 is 0. The molecule has 9 heteroatoms. The number of rotatable bonds is 32. The first-order valence-corrected chi connectivity index (χ1v) is 21.8. The fraction of sp³-hybridized carbons (Fsp3) is 0.682. The maximum Gasteiger partial charge on any atom is 0.306 e. The number of aliphatic hydroxyl groups is 1. The van der Waals surface area contributed by atoms with Crippen LogP contribution in [0.5, 0.6) is 0 Å². The Hall–Kier alpha value is -2.75. The molecule has 0 saturated heterocycles. The van der Waals surface area contributed by atoms with Gasteiger partial charge in [0.15, 0.2) is 0 Å². The van der Waals surface area contributed by atoms with Crippen molar-refractivity contribution in [2.24, 2.45) is 17.8 Å². The number of esters is 1. The number of nitrogens with one attached hydrogen (secondary N) is 1. The molecule has 304 valence electrons. The second-order valence-corrected chi connectivity index (χ2v) is 16.9. The molecule has 0 bridgehead atoms. The number of ether oxygens (including phenoxy) is 1. The van der Waals surface area contributed by atoms with Gasteiger partial charge in [0.2, 0.25) is 5.91 Å². The quantitative estimate of drug-likeness (QED) is 0.0353. The van der Waals surface area contributed by atoms with Gasteiger partial charge in [0.1, 0.15) is 6.10 Å². The van der Waals surface area contributed by atoms with Gasteiger partial charge in [-0.3, -0.25) is 14.1 Å². The molecule has 2 unspecified atom stereocenters. The zero-order valence-electron chi connectivity index (χ0n) is 34.0. The Bertz CT molecular complexity index is 1240. The largest absolute Gasteiger partial charge is 0.462 e. The highest BCUT2D eigenvalue weighted by Crippen LogP contribution is 2.25. The second-order valence-electron chi connectivity index (χ2n) is 15.3. The topological polar surface area (TPSA) is 130 Å². The highest BCUT2D eigenvalue weighted by atomic mass is 32.2. The van der Waals surface area contributed by atoms with E-state index in [0.717, 1.165) is 77.0 Å². The van der Waals surface area contributed by atoms with Crippen molar-refractivity contribution in [2.75, 3.05) is 12.3 Å². The average Bonchev–Trinajstić information content (AvgIpc) is 3.04. The monoisotopic (exact) mass is 762 g/mol. The fourth-order valence-electron chi connectivity index (χ4n) is 5.93. The van der Waals surface area contributed by atoms with Crippen LogP contribution < -0.4 is 5.32 Å². The molecule has 0 aliphatic heterocycles. The first-order chi connectivity index (χ1) is 25.1. The molecule has 4 atom stereocenters. The first-order valence-electron chi connectivity index (χ1n) is 20.1. The van der Waals surface area contributed by atoms with Gasteiger partial charge < -0.3 is 15.2 Å². The minimum Gasteiger partial charge on any atom is -0.462 e. The molecule has 53 heavy (non-hydrogen) atoms. The standard InChI is InChI=1S/C44H75NO7S/c1-7-8-9-10-11-12-13-14-15-16-17-18-19-20-21-22-23-24-25-31-43(47)52-41(36-40(4)37-42(46)45-33-34-53(49,50)51)35-39(3)29-26-28-38(2)30-27-32-44(5,6)48/h8-9,11-12,14-15,17-18,20-21,23-24,38-41,48H,7,10,13,16,19,22,25-37H2,1-6H3,(H,45,46)(H,49,50,51)/b9-8-,12-11-,15-14-,18-17-,21-20-,24-23-/t38-,39+,40?,41?/m0/s1. The van der Waals surface area contributed by atoms with Crippen LogP contribution in [0.2, 0.25) is 0 Å². The van der Waals surface area contributed by atoms with E-state index in [9.17, 15) is 23.1 Å². The smallest absolute Gasteiger partial charge is 0.306 e. The normalized spacial score (nSPS) is 15.4. The second kappa shape index (κ2) is 31.6. The van der Waals surface area contributed by atoms with Gasteiger partial charge >= 0.3 is 5.97 Å². The summed E-state index contributed by atoms with van der Waals surface area (Å²) in [5.74, 6) is -0.214. The molecule has 1 amide bonds. The van der Waals surface area contributed by atoms with E-state index in [4.69, 9.17) is 9.29 Å². The summed E-state index contributed by atoms with van der Waals surface area (Å²) < 4.78 is 36.8. The molecule has 0 aliphatic rings. The van der Waals surface area contributed by atoms with Crippen molar-refractivity contribution >= 4 is 22.0 Å². The Morgan fingerprint density at radius 3 is 1.70 bits per heavy atom. The number of hydrogen-bond acceptors (Lipinski definition) is 6. The van der Waals surface area contributed by atoms with Gasteiger partial charge in [-0.2, -0.15) is 8.42 Å². The molecule has 0 spiro atoms. The third-order valence-corrected chi connectivity index (χ3v) is 9.56. The van der Waals surface area contributed by atoms with E-state index in [1.807, 2.05) is 26.8 Å². The van der Waals surface area contributed by atoms with Crippen molar-refractivity contribution in [3.63, 3.8) is 0 Å². The number of amides is 1. The van der Waals surface area contributed by atoms with E-state index in [0.29, 0.717) is 37.5 Å². The summed E-state index contributed by atoms with van der Waals surface area (Å²) in [6.45, 7) is 12.1. The lowest BCUT2D eigenvalue weighted by Gasteiger charge is -2.24. The molecule has 0 aromatic heterocycles. The van der Waals surface area contributed by atoms with Gasteiger partial charge in [-0.1, -0.05) is 133 Å². The molecular formula is C44H75NO7S. The Morgan fingerprint density at radius 1 is 0.717 bits per heavy atom. The summed E-state index contributed by atoms with van der Waals surface area (Å²) in [6, 6.07) is 0. The van der Waals surface area contributed by atoms with Crippen LogP contribution in [0, 0.1) is 17.8 Å². The molecule has 3 N–H and O–H groups in total. The summed E-state index contributed by atoms with van der Waals surface area (Å²) in [7, 11) is -4.14. The van der Waals surface area contributed by atoms with E-state index in [-0.39, 0.29) is 36.9 Å². The lowest BCUT2D eigenvalue weighted by atomic mass is 9.89. The third-order valence-electron chi connectivity index (χ3n) is 8.84. The summed E-state index contributed by atoms with van der Waals surface area (Å²) in [5, 5.41) is 12.5. The van der Waals surface area contributed by atoms with Crippen LogP contribution >= 0.6 is 0 Å². The van der Waals surface area contributed by atoms with E-state index < -0.39 is 21.5 Å². The zero-order chi connectivity index (χ0) is 39.8. The molecule has 0 aliphatic carbocycles. The van der Waals surface area contributed by atoms with Crippen LogP contribution in [0.15, 0.2) is 72.9 Å². The van der Waals surface area contributed by atoms with Gasteiger partial charge in [0.25, 0.3) is 10.1 Å². The van der Waals surface area contributed by atoms with Crippen LogP contribution in [-0.2, 0) is 24.4 Å². The van der Waals surface area contributed by atoms with Crippen LogP contribution in [0.4, 0.5) is 0 Å². The molecule has 0 saturated carbocycles. The number of carbonyl (C=O) groups is 2. The average molecular weight is 762 g/mol. The third kappa shape index (κ3) is 37.4. The number of hydrogen-bond donors (Lipinski definition) is 3. The first kappa shape index (κ1) is 50.2. The Balaban J connectivity index is 4.71. The lowest BCUT2D eigenvalue weighted by Crippen LogP contribution is -2.31. The van der Waals surface area contributed by atoms with Crippen molar-refractivity contribution in [2.45, 2.75) is 162 Å². The molecule has 0 heterocycles. The van der Waals surface area contributed by atoms with Gasteiger partial charge in [-0.15, -0.1) is 0 Å². The Labute approximate surface area is 324 Å². The SMILES string of the molecule is CC/C=C\C/C=C\C/C=C\C/C=C\C/C=C\C/C=C\CCC(=O)OC(CC(C)CC(=O)NCCS(=O)(=O)O)C[C@H](C)CCC[C@H](C)CCCC(C)(C)O. The minimum atomic E-state index is -4.14. The van der Waals surface area contributed by atoms with Gasteiger partial charge in [0.05, 0.1) is 11.4 Å². The van der Waals surface area contributed by atoms with Crippen LogP contribution in [0.1, 0.15) is 151 Å². The number of carbonyl (C=O) groups excluding carboxylic acids is 2. The molecule has 0 fully saturated rings. The molecule has 8 nitrogen and oxygen atoms in total. The maximum atomic E-state index is 12.9. The molecule has 0 aromatic rings. The van der Waals surface area contributed by atoms with Crippen molar-refractivity contribution in [1.82, 2.24) is 5.32 Å². The van der Waals surface area contributed by atoms with E-state index >= 15 is 0 Å². The summed E-state index contributed by atoms with van der Waals surface area (Å²) in [5.41, 5.74) is -0.619. The van der Waals surface area contributed by atoms with Gasteiger partial charge in [-0.05, 0) is 95.8 Å². The highest BCUT2D eigenvalue weighted by molar-refractivity contribution is 7.85. The molecule has 0 radical (unpaired) electrons. The van der Waals surface area contributed by atoms with Crippen molar-refractivity contribution in [3.05, 3.63) is 72.9 Å². The van der Waals surface area contributed by atoms with Crippen LogP contribution in [-0.4, -0.2) is 54.0 Å². The van der Waals surface area contributed by atoms with Crippen molar-refractivity contribution in [3.8, 4) is 0 Å². The maximum absolute atomic E-state index is 12.9. The van der Waals surface area contributed by atoms with Crippen molar-refractivity contribution < 1.29 is 32.4 Å². The van der Waals surface area contributed by atoms with Gasteiger partial charge in [-0.25, -0.2) is 0 Å². The molecule has 0 rings (SSSR count). The highest BCUT2D eigenvalue weighted by Gasteiger charge is 2.22. The van der Waals surface area contributed by atoms with Crippen LogP contribution in [0.25, 0.3) is 0 Å². The Morgan fingerprint density at radius 2 is 1.19 bits per heavy atom. The number of allylic oxidation sites excluding steroid dienone is 12. The van der Waals surface area contributed by atoms with Crippen LogP contribution in [0.3, 0.4) is 0 Å².